The van der Waals surface area contributed by atoms with Gasteiger partial charge in [0.1, 0.15) is 5.52 Å². The SMILES string of the molecule is O=C(Nc1cccc2c([N+](=O)[O-])ccnc12)c1ccccc1. The van der Waals surface area contributed by atoms with Gasteiger partial charge in [0.2, 0.25) is 0 Å². The molecule has 1 N–H and O–H groups in total. The van der Waals surface area contributed by atoms with Crippen molar-refractivity contribution >= 4 is 28.2 Å². The van der Waals surface area contributed by atoms with Crippen LogP contribution in [0.2, 0.25) is 0 Å². The molecule has 0 aliphatic carbocycles. The smallest absolute Gasteiger partial charge is 0.280 e. The Morgan fingerprint density at radius 1 is 1.05 bits per heavy atom. The number of nitrogens with zero attached hydrogens (tertiary/aromatic N) is 2. The number of para-hydroxylation sites is 1. The number of aromatic nitrogens is 1. The minimum absolute atomic E-state index is 0.0409. The molecule has 0 saturated heterocycles. The van der Waals surface area contributed by atoms with Crippen molar-refractivity contribution in [3.05, 3.63) is 76.5 Å². The van der Waals surface area contributed by atoms with E-state index in [9.17, 15) is 14.9 Å². The number of carbonyl (C=O) groups excluding carboxylic acids is 1. The van der Waals surface area contributed by atoms with Crippen LogP contribution in [0.25, 0.3) is 10.9 Å². The molecule has 1 aromatic heterocycles. The zero-order chi connectivity index (χ0) is 15.5. The predicted octanol–water partition coefficient (Wildman–Crippen LogP) is 3.40. The molecule has 0 bridgehead atoms. The van der Waals surface area contributed by atoms with E-state index in [0.717, 1.165) is 0 Å². The number of rotatable bonds is 3. The number of carbonyl (C=O) groups is 1. The molecule has 0 spiro atoms. The lowest BCUT2D eigenvalue weighted by Crippen LogP contribution is -2.12. The van der Waals surface area contributed by atoms with Crippen LogP contribution >= 0.6 is 0 Å². The van der Waals surface area contributed by atoms with E-state index in [4.69, 9.17) is 0 Å². The Bertz CT molecular complexity index is 863. The van der Waals surface area contributed by atoms with Crippen molar-refractivity contribution < 1.29 is 9.72 Å². The average Bonchev–Trinajstić information content (AvgIpc) is 2.55. The van der Waals surface area contributed by atoms with Crippen LogP contribution in [0.15, 0.2) is 60.8 Å². The number of nitro groups is 1. The molecule has 108 valence electrons. The quantitative estimate of drug-likeness (QED) is 0.592. The van der Waals surface area contributed by atoms with Crippen LogP contribution in [0, 0.1) is 10.1 Å². The summed E-state index contributed by atoms with van der Waals surface area (Å²) >= 11 is 0. The second-order valence-corrected chi connectivity index (χ2v) is 4.61. The van der Waals surface area contributed by atoms with Crippen LogP contribution in [0.1, 0.15) is 10.4 Å². The third-order valence-corrected chi connectivity index (χ3v) is 3.23. The van der Waals surface area contributed by atoms with E-state index >= 15 is 0 Å². The van der Waals surface area contributed by atoms with Crippen molar-refractivity contribution in [1.82, 2.24) is 4.98 Å². The number of pyridine rings is 1. The van der Waals surface area contributed by atoms with Gasteiger partial charge in [-0.25, -0.2) is 0 Å². The highest BCUT2D eigenvalue weighted by molar-refractivity contribution is 6.09. The molecule has 0 unspecified atom stereocenters. The third-order valence-electron chi connectivity index (χ3n) is 3.23. The summed E-state index contributed by atoms with van der Waals surface area (Å²) in [6, 6.07) is 15.0. The Hall–Kier alpha value is -3.28. The molecule has 6 heteroatoms. The van der Waals surface area contributed by atoms with E-state index in [0.29, 0.717) is 22.2 Å². The van der Waals surface area contributed by atoms with Crippen LogP contribution < -0.4 is 5.32 Å². The molecule has 1 amide bonds. The summed E-state index contributed by atoms with van der Waals surface area (Å²) in [6.45, 7) is 0. The molecule has 3 rings (SSSR count). The van der Waals surface area contributed by atoms with Gasteiger partial charge in [0.15, 0.2) is 0 Å². The summed E-state index contributed by atoms with van der Waals surface area (Å²) in [5.74, 6) is -0.290. The van der Waals surface area contributed by atoms with Crippen LogP contribution in [0.5, 0.6) is 0 Å². The molecule has 0 saturated carbocycles. The van der Waals surface area contributed by atoms with Gasteiger partial charge in [-0.05, 0) is 24.3 Å². The lowest BCUT2D eigenvalue weighted by Gasteiger charge is -2.08. The first-order valence-corrected chi connectivity index (χ1v) is 6.55. The molecule has 6 nitrogen and oxygen atoms in total. The number of fused-ring (bicyclic) bond motifs is 1. The van der Waals surface area contributed by atoms with Crippen molar-refractivity contribution in [1.29, 1.82) is 0 Å². The Morgan fingerprint density at radius 3 is 2.55 bits per heavy atom. The Morgan fingerprint density at radius 2 is 1.82 bits per heavy atom. The van der Waals surface area contributed by atoms with Crippen LogP contribution in [-0.2, 0) is 0 Å². The van der Waals surface area contributed by atoms with E-state index in [1.165, 1.54) is 12.3 Å². The largest absolute Gasteiger partial charge is 0.320 e. The van der Waals surface area contributed by atoms with Crippen molar-refractivity contribution in [3.8, 4) is 0 Å². The fourth-order valence-electron chi connectivity index (χ4n) is 2.21. The maximum absolute atomic E-state index is 12.2. The van der Waals surface area contributed by atoms with Crippen LogP contribution in [0.3, 0.4) is 0 Å². The van der Waals surface area contributed by atoms with Crippen molar-refractivity contribution in [2.45, 2.75) is 0 Å². The monoisotopic (exact) mass is 293 g/mol. The van der Waals surface area contributed by atoms with Crippen molar-refractivity contribution in [3.63, 3.8) is 0 Å². The maximum Gasteiger partial charge on any atom is 0.280 e. The first-order chi connectivity index (χ1) is 10.7. The lowest BCUT2D eigenvalue weighted by atomic mass is 10.1. The number of hydrogen-bond acceptors (Lipinski definition) is 4. The lowest BCUT2D eigenvalue weighted by molar-refractivity contribution is -0.383. The van der Waals surface area contributed by atoms with Gasteiger partial charge in [0, 0.05) is 17.8 Å². The van der Waals surface area contributed by atoms with Gasteiger partial charge in [-0.3, -0.25) is 19.9 Å². The van der Waals surface area contributed by atoms with Gasteiger partial charge in [0.05, 0.1) is 16.0 Å². The van der Waals surface area contributed by atoms with E-state index in [1.54, 1.807) is 42.5 Å². The molecule has 0 fully saturated rings. The minimum atomic E-state index is -0.465. The number of nitrogens with one attached hydrogen (secondary N) is 1. The van der Waals surface area contributed by atoms with Gasteiger partial charge < -0.3 is 5.32 Å². The Balaban J connectivity index is 2.03. The standard InChI is InChI=1S/C16H11N3O3/c20-16(11-5-2-1-3-6-11)18-13-8-4-7-12-14(19(21)22)9-10-17-15(12)13/h1-10H,(H,18,20). The second kappa shape index (κ2) is 5.61. The molecular weight excluding hydrogens is 282 g/mol. The van der Waals surface area contributed by atoms with E-state index < -0.39 is 4.92 Å². The van der Waals surface area contributed by atoms with E-state index in [2.05, 4.69) is 10.3 Å². The Labute approximate surface area is 125 Å². The summed E-state index contributed by atoms with van der Waals surface area (Å²) in [5, 5.41) is 14.2. The highest BCUT2D eigenvalue weighted by Gasteiger charge is 2.15. The highest BCUT2D eigenvalue weighted by Crippen LogP contribution is 2.28. The highest BCUT2D eigenvalue weighted by atomic mass is 16.6. The number of benzene rings is 2. The predicted molar refractivity (Wildman–Crippen MR) is 82.8 cm³/mol. The maximum atomic E-state index is 12.2. The fourth-order valence-corrected chi connectivity index (χ4v) is 2.21. The van der Waals surface area contributed by atoms with Crippen molar-refractivity contribution in [2.75, 3.05) is 5.32 Å². The topological polar surface area (TPSA) is 85.1 Å². The summed E-state index contributed by atoms with van der Waals surface area (Å²) in [5.41, 5.74) is 1.29. The number of anilines is 1. The molecule has 0 radical (unpaired) electrons. The van der Waals surface area contributed by atoms with Gasteiger partial charge in [-0.2, -0.15) is 0 Å². The van der Waals surface area contributed by atoms with Crippen molar-refractivity contribution in [2.24, 2.45) is 0 Å². The van der Waals surface area contributed by atoms with Gasteiger partial charge in [0.25, 0.3) is 11.6 Å². The molecule has 0 aliphatic heterocycles. The summed E-state index contributed by atoms with van der Waals surface area (Å²) in [7, 11) is 0. The Kier molecular flexibility index (Phi) is 3.49. The molecule has 3 aromatic rings. The molecule has 22 heavy (non-hydrogen) atoms. The second-order valence-electron chi connectivity index (χ2n) is 4.61. The normalized spacial score (nSPS) is 10.4. The fraction of sp³-hybridized carbons (Fsp3) is 0. The molecule has 0 aliphatic rings. The number of hydrogen-bond donors (Lipinski definition) is 1. The van der Waals surface area contributed by atoms with Gasteiger partial charge in [-0.15, -0.1) is 0 Å². The first-order valence-electron chi connectivity index (χ1n) is 6.55. The first kappa shape index (κ1) is 13.7. The molecular formula is C16H11N3O3. The van der Waals surface area contributed by atoms with Gasteiger partial charge >= 0.3 is 0 Å². The van der Waals surface area contributed by atoms with Crippen LogP contribution in [0.4, 0.5) is 11.4 Å². The minimum Gasteiger partial charge on any atom is -0.320 e. The summed E-state index contributed by atoms with van der Waals surface area (Å²) in [4.78, 5) is 27.0. The van der Waals surface area contributed by atoms with E-state index in [-0.39, 0.29) is 11.6 Å². The average molecular weight is 293 g/mol. The zero-order valence-electron chi connectivity index (χ0n) is 11.4. The summed E-state index contributed by atoms with van der Waals surface area (Å²) in [6.07, 6.45) is 1.36. The number of amides is 1. The summed E-state index contributed by atoms with van der Waals surface area (Å²) < 4.78 is 0. The zero-order valence-corrected chi connectivity index (χ0v) is 11.4. The molecule has 2 aromatic carbocycles. The third kappa shape index (κ3) is 2.49. The molecule has 1 heterocycles. The van der Waals surface area contributed by atoms with Gasteiger partial charge in [-0.1, -0.05) is 24.3 Å². The van der Waals surface area contributed by atoms with E-state index in [1.807, 2.05) is 6.07 Å². The molecule has 0 atom stereocenters. The van der Waals surface area contributed by atoms with Crippen LogP contribution in [-0.4, -0.2) is 15.8 Å².